The molecule has 0 aliphatic heterocycles. The zero-order chi connectivity index (χ0) is 19.9. The number of thiazole rings is 1. The van der Waals surface area contributed by atoms with Gasteiger partial charge in [0.1, 0.15) is 10.9 Å². The lowest BCUT2D eigenvalue weighted by Gasteiger charge is -2.28. The van der Waals surface area contributed by atoms with E-state index in [1.165, 1.54) is 16.9 Å². The summed E-state index contributed by atoms with van der Waals surface area (Å²) in [5.74, 6) is -0.249. The second kappa shape index (κ2) is 9.85. The van der Waals surface area contributed by atoms with Crippen LogP contribution >= 0.6 is 22.9 Å². The first-order valence-electron chi connectivity index (χ1n) is 9.46. The molecule has 0 aliphatic rings. The number of hydrogen-bond donors (Lipinski definition) is 0. The van der Waals surface area contributed by atoms with E-state index in [9.17, 15) is 4.79 Å². The molecule has 2 aromatic carbocycles. The summed E-state index contributed by atoms with van der Waals surface area (Å²) in [6, 6.07) is 18.3. The van der Waals surface area contributed by atoms with Gasteiger partial charge >= 0.3 is 5.97 Å². The number of esters is 1. The zero-order valence-corrected chi connectivity index (χ0v) is 17.6. The van der Waals surface area contributed by atoms with Crippen molar-refractivity contribution < 1.29 is 9.53 Å². The predicted molar refractivity (Wildman–Crippen MR) is 115 cm³/mol. The number of ether oxygens (including phenoxy) is 1. The molecular weight excluding hydrogens is 390 g/mol. The summed E-state index contributed by atoms with van der Waals surface area (Å²) in [4.78, 5) is 17.2. The predicted octanol–water partition coefficient (Wildman–Crippen LogP) is 6.42. The van der Waals surface area contributed by atoms with E-state index in [4.69, 9.17) is 16.3 Å². The Balaban J connectivity index is 1.97. The zero-order valence-electron chi connectivity index (χ0n) is 16.0. The molecule has 5 heteroatoms. The monoisotopic (exact) mass is 413 g/mol. The third-order valence-corrected chi connectivity index (χ3v) is 6.18. The Hall–Kier alpha value is -2.17. The molecule has 3 unspecified atom stereocenters. The molecule has 0 radical (unpaired) electrons. The molecule has 0 saturated carbocycles. The molecule has 3 nitrogen and oxygen atoms in total. The average Bonchev–Trinajstić information content (AvgIpc) is 3.24. The standard InChI is InChI=1S/C23H24ClNO2S/c1-3-27-23(26)21(22-25-13-14-28-22)15-20(18-9-11-19(24)12-10-18)16(2)17-7-5-4-6-8-17/h4-14,16,20-21H,3,15H2,1-2H3. The second-order valence-corrected chi connectivity index (χ2v) is 8.13. The maximum Gasteiger partial charge on any atom is 0.315 e. The lowest BCUT2D eigenvalue weighted by Crippen LogP contribution is -2.21. The molecule has 0 bridgehead atoms. The Morgan fingerprint density at radius 1 is 1.11 bits per heavy atom. The van der Waals surface area contributed by atoms with Crippen molar-refractivity contribution in [2.45, 2.75) is 38.0 Å². The molecule has 3 rings (SSSR count). The molecule has 0 amide bonds. The van der Waals surface area contributed by atoms with Crippen LogP contribution in [0.5, 0.6) is 0 Å². The maximum atomic E-state index is 12.7. The first kappa shape index (κ1) is 20.6. The Kier molecular flexibility index (Phi) is 7.24. The van der Waals surface area contributed by atoms with Crippen LogP contribution in [0, 0.1) is 0 Å². The molecular formula is C23H24ClNO2S. The summed E-state index contributed by atoms with van der Waals surface area (Å²) in [6.07, 6.45) is 2.37. The minimum atomic E-state index is -0.383. The summed E-state index contributed by atoms with van der Waals surface area (Å²) in [6.45, 7) is 4.40. The van der Waals surface area contributed by atoms with Gasteiger partial charge in [-0.15, -0.1) is 11.3 Å². The van der Waals surface area contributed by atoms with Crippen LogP contribution in [-0.2, 0) is 9.53 Å². The van der Waals surface area contributed by atoms with Gasteiger partial charge in [0.2, 0.25) is 0 Å². The summed E-state index contributed by atoms with van der Waals surface area (Å²) in [7, 11) is 0. The van der Waals surface area contributed by atoms with E-state index in [-0.39, 0.29) is 23.7 Å². The van der Waals surface area contributed by atoms with E-state index in [0.29, 0.717) is 18.1 Å². The van der Waals surface area contributed by atoms with Crippen LogP contribution in [0.15, 0.2) is 66.2 Å². The van der Waals surface area contributed by atoms with Gasteiger partial charge in [-0.25, -0.2) is 4.98 Å². The molecule has 3 aromatic rings. The number of nitrogens with zero attached hydrogens (tertiary/aromatic N) is 1. The molecule has 1 aromatic heterocycles. The molecule has 28 heavy (non-hydrogen) atoms. The number of benzene rings is 2. The fraction of sp³-hybridized carbons (Fsp3) is 0.304. The van der Waals surface area contributed by atoms with E-state index < -0.39 is 0 Å². The van der Waals surface area contributed by atoms with Crippen molar-refractivity contribution in [3.63, 3.8) is 0 Å². The Labute approximate surface area is 175 Å². The number of rotatable bonds is 8. The van der Waals surface area contributed by atoms with Gasteiger partial charge in [-0.05, 0) is 48.4 Å². The summed E-state index contributed by atoms with van der Waals surface area (Å²) in [5.41, 5.74) is 2.40. The van der Waals surface area contributed by atoms with Crippen LogP contribution in [-0.4, -0.2) is 17.6 Å². The minimum Gasteiger partial charge on any atom is -0.465 e. The number of carbonyl (C=O) groups excluding carboxylic acids is 1. The van der Waals surface area contributed by atoms with Crippen LogP contribution in [0.3, 0.4) is 0 Å². The topological polar surface area (TPSA) is 39.2 Å². The fourth-order valence-corrected chi connectivity index (χ4v) is 4.39. The van der Waals surface area contributed by atoms with E-state index in [2.05, 4.69) is 48.3 Å². The fourth-order valence-electron chi connectivity index (χ4n) is 3.53. The van der Waals surface area contributed by atoms with Gasteiger partial charge < -0.3 is 4.74 Å². The van der Waals surface area contributed by atoms with Gasteiger partial charge in [0.25, 0.3) is 0 Å². The van der Waals surface area contributed by atoms with E-state index in [1.54, 1.807) is 6.20 Å². The molecule has 3 atom stereocenters. The molecule has 1 heterocycles. The van der Waals surface area contributed by atoms with E-state index in [1.807, 2.05) is 30.5 Å². The number of hydrogen-bond acceptors (Lipinski definition) is 4. The van der Waals surface area contributed by atoms with Crippen LogP contribution < -0.4 is 0 Å². The first-order valence-corrected chi connectivity index (χ1v) is 10.7. The number of aromatic nitrogens is 1. The molecule has 0 N–H and O–H groups in total. The highest BCUT2D eigenvalue weighted by Gasteiger charge is 2.31. The van der Waals surface area contributed by atoms with Crippen LogP contribution in [0.2, 0.25) is 5.02 Å². The molecule has 0 fully saturated rings. The number of carbonyl (C=O) groups is 1. The molecule has 0 aliphatic carbocycles. The summed E-state index contributed by atoms with van der Waals surface area (Å²) in [5, 5.41) is 3.41. The van der Waals surface area contributed by atoms with Crippen molar-refractivity contribution in [1.82, 2.24) is 4.98 Å². The van der Waals surface area contributed by atoms with Crippen molar-refractivity contribution >= 4 is 28.9 Å². The van der Waals surface area contributed by atoms with Gasteiger partial charge in [-0.3, -0.25) is 4.79 Å². The van der Waals surface area contributed by atoms with Gasteiger partial charge in [0.15, 0.2) is 0 Å². The van der Waals surface area contributed by atoms with Crippen molar-refractivity contribution in [3.05, 3.63) is 87.3 Å². The molecule has 146 valence electrons. The molecule has 0 spiro atoms. The highest BCUT2D eigenvalue weighted by atomic mass is 35.5. The second-order valence-electron chi connectivity index (χ2n) is 6.77. The summed E-state index contributed by atoms with van der Waals surface area (Å²) >= 11 is 7.61. The quantitative estimate of drug-likeness (QED) is 0.400. The third kappa shape index (κ3) is 5.00. The SMILES string of the molecule is CCOC(=O)C(CC(c1ccc(Cl)cc1)C(C)c1ccccc1)c1nccs1. The third-order valence-electron chi connectivity index (χ3n) is 5.04. The average molecular weight is 414 g/mol. The van der Waals surface area contributed by atoms with Gasteiger partial charge in [0.05, 0.1) is 6.61 Å². The van der Waals surface area contributed by atoms with Gasteiger partial charge in [-0.1, -0.05) is 61.0 Å². The van der Waals surface area contributed by atoms with Crippen molar-refractivity contribution in [2.75, 3.05) is 6.61 Å². The van der Waals surface area contributed by atoms with E-state index in [0.717, 1.165) is 10.6 Å². The highest BCUT2D eigenvalue weighted by molar-refractivity contribution is 7.09. The highest BCUT2D eigenvalue weighted by Crippen LogP contribution is 2.41. The van der Waals surface area contributed by atoms with Crippen LogP contribution in [0.4, 0.5) is 0 Å². The molecule has 0 saturated heterocycles. The van der Waals surface area contributed by atoms with E-state index >= 15 is 0 Å². The van der Waals surface area contributed by atoms with Crippen LogP contribution in [0.25, 0.3) is 0 Å². The maximum absolute atomic E-state index is 12.7. The summed E-state index contributed by atoms with van der Waals surface area (Å²) < 4.78 is 5.38. The Morgan fingerprint density at radius 3 is 2.43 bits per heavy atom. The smallest absolute Gasteiger partial charge is 0.315 e. The Morgan fingerprint density at radius 2 is 1.82 bits per heavy atom. The normalized spacial score (nSPS) is 14.2. The van der Waals surface area contributed by atoms with Crippen molar-refractivity contribution in [3.8, 4) is 0 Å². The van der Waals surface area contributed by atoms with Crippen molar-refractivity contribution in [2.24, 2.45) is 0 Å². The lowest BCUT2D eigenvalue weighted by atomic mass is 9.77. The Bertz CT molecular complexity index is 865. The minimum absolute atomic E-state index is 0.123. The van der Waals surface area contributed by atoms with Crippen LogP contribution in [0.1, 0.15) is 54.2 Å². The number of halogens is 1. The lowest BCUT2D eigenvalue weighted by molar-refractivity contribution is -0.145. The van der Waals surface area contributed by atoms with Gasteiger partial charge in [0, 0.05) is 16.6 Å². The van der Waals surface area contributed by atoms with Crippen molar-refractivity contribution in [1.29, 1.82) is 0 Å². The largest absolute Gasteiger partial charge is 0.465 e. The van der Waals surface area contributed by atoms with Gasteiger partial charge in [-0.2, -0.15) is 0 Å². The first-order chi connectivity index (χ1) is 13.6.